The van der Waals surface area contributed by atoms with Crippen LogP contribution in [0.1, 0.15) is 57.2 Å². The molecule has 0 saturated heterocycles. The molecule has 0 aliphatic carbocycles. The lowest BCUT2D eigenvalue weighted by molar-refractivity contribution is 0.656. The fourth-order valence-corrected chi connectivity index (χ4v) is 2.69. The number of hydrogen-bond donors (Lipinski definition) is 0. The molecule has 1 aromatic heterocycles. The van der Waals surface area contributed by atoms with E-state index < -0.39 is 0 Å². The minimum Gasteiger partial charge on any atom is -0.256 e. The molecule has 0 atom stereocenters. The molecule has 0 aliphatic heterocycles. The maximum atomic E-state index is 4.44. The first-order valence-corrected chi connectivity index (χ1v) is 9.42. The van der Waals surface area contributed by atoms with Crippen LogP contribution in [0.2, 0.25) is 0 Å². The number of aromatic nitrogens is 1. The molecule has 1 nitrogen and oxygen atoms in total. The highest BCUT2D eigenvalue weighted by Gasteiger charge is 1.97. The summed E-state index contributed by atoms with van der Waals surface area (Å²) in [5.41, 5.74) is 2.20. The molecule has 1 heteroatoms. The molecule has 0 amide bonds. The summed E-state index contributed by atoms with van der Waals surface area (Å²) < 4.78 is 0. The predicted molar refractivity (Wildman–Crippen MR) is 112 cm³/mol. The van der Waals surface area contributed by atoms with Crippen molar-refractivity contribution in [2.75, 3.05) is 0 Å². The highest BCUT2D eigenvalue weighted by atomic mass is 14.7. The molecule has 0 radical (unpaired) electrons. The fraction of sp³-hybridized carbons (Fsp3) is 0.292. The van der Waals surface area contributed by atoms with E-state index in [0.717, 1.165) is 5.69 Å². The molecular weight excluding hydrogens is 302 g/mol. The van der Waals surface area contributed by atoms with E-state index in [9.17, 15) is 0 Å². The second-order valence-corrected chi connectivity index (χ2v) is 6.22. The van der Waals surface area contributed by atoms with Gasteiger partial charge in [0, 0.05) is 11.6 Å². The van der Waals surface area contributed by atoms with Gasteiger partial charge in [-0.15, -0.1) is 0 Å². The maximum Gasteiger partial charge on any atom is 0.0708 e. The van der Waals surface area contributed by atoms with Crippen molar-refractivity contribution in [1.82, 2.24) is 4.98 Å². The number of hydrogen-bond acceptors (Lipinski definition) is 1. The molecule has 3 aromatic rings. The lowest BCUT2D eigenvalue weighted by Crippen LogP contribution is -1.82. The van der Waals surface area contributed by atoms with Gasteiger partial charge >= 0.3 is 0 Å². The highest BCUT2D eigenvalue weighted by molar-refractivity contribution is 5.90. The first kappa shape index (κ1) is 18.9. The van der Waals surface area contributed by atoms with Crippen LogP contribution in [0.3, 0.4) is 0 Å². The van der Waals surface area contributed by atoms with Gasteiger partial charge in [-0.25, -0.2) is 0 Å². The second-order valence-electron chi connectivity index (χ2n) is 6.22. The second kappa shape index (κ2) is 11.2. The van der Waals surface area contributed by atoms with Gasteiger partial charge in [-0.1, -0.05) is 107 Å². The SMILES string of the molecule is C(=Cc1nccc2ccccc12)c1ccccc1.CCCCCCC. The molecule has 2 aromatic carbocycles. The quantitative estimate of drug-likeness (QED) is 0.429. The molecule has 0 unspecified atom stereocenters. The molecule has 130 valence electrons. The third kappa shape index (κ3) is 6.54. The Balaban J connectivity index is 0.000000277. The summed E-state index contributed by atoms with van der Waals surface area (Å²) in [6.07, 6.45) is 13.0. The highest BCUT2D eigenvalue weighted by Crippen LogP contribution is 2.18. The fourth-order valence-electron chi connectivity index (χ4n) is 2.69. The van der Waals surface area contributed by atoms with Crippen molar-refractivity contribution < 1.29 is 0 Å². The van der Waals surface area contributed by atoms with Crippen LogP contribution in [0, 0.1) is 0 Å². The lowest BCUT2D eigenvalue weighted by atomic mass is 10.1. The Labute approximate surface area is 152 Å². The third-order valence-corrected chi connectivity index (χ3v) is 4.14. The molecule has 0 spiro atoms. The first-order valence-electron chi connectivity index (χ1n) is 9.42. The van der Waals surface area contributed by atoms with E-state index >= 15 is 0 Å². The van der Waals surface area contributed by atoms with Crippen molar-refractivity contribution in [3.8, 4) is 0 Å². The summed E-state index contributed by atoms with van der Waals surface area (Å²) in [6, 6.07) is 20.6. The molecule has 0 saturated carbocycles. The third-order valence-electron chi connectivity index (χ3n) is 4.14. The molecule has 0 aliphatic rings. The van der Waals surface area contributed by atoms with Crippen LogP contribution in [0.25, 0.3) is 22.9 Å². The lowest BCUT2D eigenvalue weighted by Gasteiger charge is -2.00. The van der Waals surface area contributed by atoms with Gasteiger partial charge in [0.05, 0.1) is 5.69 Å². The topological polar surface area (TPSA) is 12.9 Å². The van der Waals surface area contributed by atoms with Crippen LogP contribution in [0.4, 0.5) is 0 Å². The van der Waals surface area contributed by atoms with Crippen molar-refractivity contribution in [3.63, 3.8) is 0 Å². The normalized spacial score (nSPS) is 10.6. The Bertz CT molecular complexity index is 750. The number of pyridine rings is 1. The van der Waals surface area contributed by atoms with Crippen LogP contribution >= 0.6 is 0 Å². The van der Waals surface area contributed by atoms with Gasteiger partial charge in [-0.3, -0.25) is 4.98 Å². The monoisotopic (exact) mass is 331 g/mol. The van der Waals surface area contributed by atoms with Gasteiger partial charge in [-0.05, 0) is 23.1 Å². The Kier molecular flexibility index (Phi) is 8.48. The molecule has 0 bridgehead atoms. The van der Waals surface area contributed by atoms with E-state index in [2.05, 4.69) is 55.2 Å². The van der Waals surface area contributed by atoms with Crippen molar-refractivity contribution in [3.05, 3.63) is 78.1 Å². The summed E-state index contributed by atoms with van der Waals surface area (Å²) in [4.78, 5) is 4.44. The minimum absolute atomic E-state index is 1.01. The summed E-state index contributed by atoms with van der Waals surface area (Å²) in [7, 11) is 0. The van der Waals surface area contributed by atoms with Gasteiger partial charge in [-0.2, -0.15) is 0 Å². The first-order chi connectivity index (χ1) is 12.3. The van der Waals surface area contributed by atoms with Gasteiger partial charge in [0.2, 0.25) is 0 Å². The predicted octanol–water partition coefficient (Wildman–Crippen LogP) is 7.38. The summed E-state index contributed by atoms with van der Waals surface area (Å²) in [5.74, 6) is 0. The smallest absolute Gasteiger partial charge is 0.0708 e. The van der Waals surface area contributed by atoms with Crippen molar-refractivity contribution in [1.29, 1.82) is 0 Å². The standard InChI is InChI=1S/C17H13N.C7H16/c1-2-6-14(7-3-1)10-11-17-16-9-5-4-8-15(16)12-13-18-17;1-3-5-7-6-4-2/h1-13H;3-7H2,1-2H3. The van der Waals surface area contributed by atoms with Gasteiger partial charge in [0.1, 0.15) is 0 Å². The van der Waals surface area contributed by atoms with Gasteiger partial charge in [0.25, 0.3) is 0 Å². The molecule has 3 rings (SSSR count). The molecule has 25 heavy (non-hydrogen) atoms. The number of nitrogens with zero attached hydrogens (tertiary/aromatic N) is 1. The van der Waals surface area contributed by atoms with Gasteiger partial charge in [0.15, 0.2) is 0 Å². The van der Waals surface area contributed by atoms with E-state index in [1.807, 2.05) is 42.6 Å². The van der Waals surface area contributed by atoms with E-state index in [-0.39, 0.29) is 0 Å². The summed E-state index contributed by atoms with van der Waals surface area (Å²) in [5, 5.41) is 2.41. The maximum absolute atomic E-state index is 4.44. The largest absolute Gasteiger partial charge is 0.256 e. The molecule has 0 N–H and O–H groups in total. The summed E-state index contributed by atoms with van der Waals surface area (Å²) >= 11 is 0. The number of benzene rings is 2. The van der Waals surface area contributed by atoms with Crippen LogP contribution in [0.5, 0.6) is 0 Å². The Morgan fingerprint density at radius 1 is 0.720 bits per heavy atom. The van der Waals surface area contributed by atoms with Crippen molar-refractivity contribution >= 4 is 22.9 Å². The minimum atomic E-state index is 1.01. The van der Waals surface area contributed by atoms with Crippen LogP contribution in [-0.4, -0.2) is 4.98 Å². The zero-order chi connectivity index (χ0) is 17.7. The Morgan fingerprint density at radius 3 is 2.12 bits per heavy atom. The van der Waals surface area contributed by atoms with Crippen LogP contribution in [-0.2, 0) is 0 Å². The molecule has 1 heterocycles. The molecular formula is C24H29N. The Morgan fingerprint density at radius 2 is 1.40 bits per heavy atom. The number of unbranched alkanes of at least 4 members (excludes halogenated alkanes) is 4. The number of fused-ring (bicyclic) bond motifs is 1. The summed E-state index contributed by atoms with van der Waals surface area (Å²) in [6.45, 7) is 4.49. The van der Waals surface area contributed by atoms with Crippen molar-refractivity contribution in [2.45, 2.75) is 46.0 Å². The zero-order valence-corrected chi connectivity index (χ0v) is 15.5. The van der Waals surface area contributed by atoms with Crippen LogP contribution < -0.4 is 0 Å². The number of rotatable bonds is 6. The average molecular weight is 332 g/mol. The van der Waals surface area contributed by atoms with E-state index in [1.54, 1.807) is 0 Å². The Hall–Kier alpha value is -2.41. The van der Waals surface area contributed by atoms with E-state index in [4.69, 9.17) is 0 Å². The zero-order valence-electron chi connectivity index (χ0n) is 15.5. The van der Waals surface area contributed by atoms with Gasteiger partial charge < -0.3 is 0 Å². The van der Waals surface area contributed by atoms with Crippen molar-refractivity contribution in [2.24, 2.45) is 0 Å². The molecule has 0 fully saturated rings. The van der Waals surface area contributed by atoms with E-state index in [1.165, 1.54) is 48.4 Å². The van der Waals surface area contributed by atoms with Crippen LogP contribution in [0.15, 0.2) is 66.9 Å². The van der Waals surface area contributed by atoms with E-state index in [0.29, 0.717) is 0 Å². The average Bonchev–Trinajstić information content (AvgIpc) is 2.68.